The van der Waals surface area contributed by atoms with Crippen LogP contribution in [0.3, 0.4) is 0 Å². The molecule has 0 aliphatic heterocycles. The van der Waals surface area contributed by atoms with Crippen LogP contribution in [0.1, 0.15) is 21.8 Å². The topological polar surface area (TPSA) is 136 Å². The van der Waals surface area contributed by atoms with Crippen LogP contribution in [0.15, 0.2) is 28.8 Å². The molecule has 9 heteroatoms. The van der Waals surface area contributed by atoms with Crippen molar-refractivity contribution >= 4 is 17.3 Å². The van der Waals surface area contributed by atoms with Crippen molar-refractivity contribution in [2.45, 2.75) is 13.5 Å². The van der Waals surface area contributed by atoms with Crippen molar-refractivity contribution in [1.82, 2.24) is 10.5 Å². The minimum atomic E-state index is -0.588. The molecule has 1 aromatic carbocycles. The molecule has 2 aromatic rings. The van der Waals surface area contributed by atoms with Crippen LogP contribution in [-0.2, 0) is 6.54 Å². The Kier molecular flexibility index (Phi) is 4.14. The second-order valence-corrected chi connectivity index (χ2v) is 4.24. The SMILES string of the molecule is Cc1cc(CNC(=O)c2ccc([N+](=O)[O-])c(NN)c2)no1. The van der Waals surface area contributed by atoms with Crippen molar-refractivity contribution in [2.24, 2.45) is 5.84 Å². The van der Waals surface area contributed by atoms with E-state index in [1.54, 1.807) is 13.0 Å². The predicted octanol–water partition coefficient (Wildman–Crippen LogP) is 1.11. The van der Waals surface area contributed by atoms with Gasteiger partial charge in [-0.1, -0.05) is 5.16 Å². The number of nitrogens with two attached hydrogens (primary N) is 1. The summed E-state index contributed by atoms with van der Waals surface area (Å²) < 4.78 is 4.88. The number of amides is 1. The number of aryl methyl sites for hydroxylation is 1. The molecule has 21 heavy (non-hydrogen) atoms. The van der Waals surface area contributed by atoms with Crippen LogP contribution in [0.2, 0.25) is 0 Å². The zero-order valence-electron chi connectivity index (χ0n) is 11.1. The molecule has 0 fully saturated rings. The minimum absolute atomic E-state index is 0.0601. The summed E-state index contributed by atoms with van der Waals surface area (Å²) in [7, 11) is 0. The number of nitrogens with one attached hydrogen (secondary N) is 2. The number of carbonyl (C=O) groups is 1. The molecule has 0 saturated heterocycles. The molecule has 0 bridgehead atoms. The fourth-order valence-electron chi connectivity index (χ4n) is 1.73. The molecule has 1 amide bonds. The zero-order chi connectivity index (χ0) is 15.4. The number of benzene rings is 1. The summed E-state index contributed by atoms with van der Waals surface area (Å²) in [4.78, 5) is 22.1. The summed E-state index contributed by atoms with van der Waals surface area (Å²) in [5.74, 6) is 5.46. The van der Waals surface area contributed by atoms with Gasteiger partial charge >= 0.3 is 0 Å². The van der Waals surface area contributed by atoms with Crippen molar-refractivity contribution in [2.75, 3.05) is 5.43 Å². The van der Waals surface area contributed by atoms with Gasteiger partial charge in [-0.2, -0.15) is 0 Å². The summed E-state index contributed by atoms with van der Waals surface area (Å²) in [5.41, 5.74) is 2.88. The molecular weight excluding hydrogens is 278 g/mol. The first-order valence-corrected chi connectivity index (χ1v) is 5.96. The Balaban J connectivity index is 2.10. The molecule has 4 N–H and O–H groups in total. The molecule has 0 aliphatic carbocycles. The molecule has 1 heterocycles. The summed E-state index contributed by atoms with van der Waals surface area (Å²) in [6.07, 6.45) is 0. The monoisotopic (exact) mass is 291 g/mol. The minimum Gasteiger partial charge on any atom is -0.361 e. The Morgan fingerprint density at radius 2 is 2.24 bits per heavy atom. The van der Waals surface area contributed by atoms with Gasteiger partial charge in [0, 0.05) is 17.7 Å². The Bertz CT molecular complexity index is 682. The molecule has 110 valence electrons. The lowest BCUT2D eigenvalue weighted by atomic mass is 10.1. The first-order valence-electron chi connectivity index (χ1n) is 5.96. The van der Waals surface area contributed by atoms with Crippen LogP contribution in [0.4, 0.5) is 11.4 Å². The van der Waals surface area contributed by atoms with E-state index < -0.39 is 10.8 Å². The molecule has 0 atom stereocenters. The maximum absolute atomic E-state index is 12.0. The Morgan fingerprint density at radius 1 is 1.48 bits per heavy atom. The van der Waals surface area contributed by atoms with Crippen LogP contribution in [0.25, 0.3) is 0 Å². The summed E-state index contributed by atoms with van der Waals surface area (Å²) >= 11 is 0. The smallest absolute Gasteiger partial charge is 0.293 e. The van der Waals surface area contributed by atoms with Gasteiger partial charge in [0.25, 0.3) is 11.6 Å². The van der Waals surface area contributed by atoms with E-state index in [0.717, 1.165) is 0 Å². The van der Waals surface area contributed by atoms with Crippen LogP contribution in [-0.4, -0.2) is 16.0 Å². The molecule has 0 aliphatic rings. The molecule has 0 radical (unpaired) electrons. The normalized spacial score (nSPS) is 10.2. The van der Waals surface area contributed by atoms with Gasteiger partial charge in [-0.15, -0.1) is 0 Å². The summed E-state index contributed by atoms with van der Waals surface area (Å²) in [5, 5.41) is 17.1. The largest absolute Gasteiger partial charge is 0.361 e. The lowest BCUT2D eigenvalue weighted by molar-refractivity contribution is -0.384. The first kappa shape index (κ1) is 14.5. The van der Waals surface area contributed by atoms with E-state index in [9.17, 15) is 14.9 Å². The molecule has 0 unspecified atom stereocenters. The van der Waals surface area contributed by atoms with E-state index in [1.165, 1.54) is 18.2 Å². The van der Waals surface area contributed by atoms with E-state index in [0.29, 0.717) is 11.5 Å². The highest BCUT2D eigenvalue weighted by molar-refractivity contribution is 5.95. The molecular formula is C12H13N5O4. The lowest BCUT2D eigenvalue weighted by Crippen LogP contribution is -2.23. The number of carbonyl (C=O) groups excluding carboxylic acids is 1. The number of nitrogens with zero attached hydrogens (tertiary/aromatic N) is 2. The summed E-state index contributed by atoms with van der Waals surface area (Å²) in [6.45, 7) is 1.94. The van der Waals surface area contributed by atoms with E-state index >= 15 is 0 Å². The van der Waals surface area contributed by atoms with Gasteiger partial charge < -0.3 is 15.3 Å². The van der Waals surface area contributed by atoms with Gasteiger partial charge in [-0.3, -0.25) is 20.8 Å². The number of aromatic nitrogens is 1. The first-order chi connectivity index (χ1) is 10.0. The van der Waals surface area contributed by atoms with Gasteiger partial charge in [-0.25, -0.2) is 0 Å². The second-order valence-electron chi connectivity index (χ2n) is 4.24. The molecule has 2 rings (SSSR count). The number of nitro benzene ring substituents is 1. The van der Waals surface area contributed by atoms with Gasteiger partial charge in [0.1, 0.15) is 17.1 Å². The Hall–Kier alpha value is -2.94. The van der Waals surface area contributed by atoms with Crippen molar-refractivity contribution in [1.29, 1.82) is 0 Å². The fourth-order valence-corrected chi connectivity index (χ4v) is 1.73. The van der Waals surface area contributed by atoms with E-state index in [-0.39, 0.29) is 23.5 Å². The average Bonchev–Trinajstić information content (AvgIpc) is 2.89. The summed E-state index contributed by atoms with van der Waals surface area (Å²) in [6, 6.07) is 5.57. The molecule has 9 nitrogen and oxygen atoms in total. The maximum Gasteiger partial charge on any atom is 0.293 e. The number of hydrogen-bond acceptors (Lipinski definition) is 7. The van der Waals surface area contributed by atoms with E-state index in [4.69, 9.17) is 10.4 Å². The third-order valence-corrected chi connectivity index (χ3v) is 2.72. The Morgan fingerprint density at radius 3 is 2.81 bits per heavy atom. The van der Waals surface area contributed by atoms with Crippen molar-refractivity contribution in [3.63, 3.8) is 0 Å². The Labute approximate surface area is 119 Å². The van der Waals surface area contributed by atoms with Gasteiger partial charge in [0.15, 0.2) is 0 Å². The third-order valence-electron chi connectivity index (χ3n) is 2.72. The highest BCUT2D eigenvalue weighted by atomic mass is 16.6. The van der Waals surface area contributed by atoms with Crippen LogP contribution < -0.4 is 16.6 Å². The van der Waals surface area contributed by atoms with E-state index in [2.05, 4.69) is 15.9 Å². The van der Waals surface area contributed by atoms with E-state index in [1.807, 2.05) is 0 Å². The van der Waals surface area contributed by atoms with Crippen molar-refractivity contribution < 1.29 is 14.2 Å². The lowest BCUT2D eigenvalue weighted by Gasteiger charge is -2.06. The maximum atomic E-state index is 12.0. The number of anilines is 1. The van der Waals surface area contributed by atoms with Crippen molar-refractivity contribution in [3.05, 3.63) is 51.4 Å². The highest BCUT2D eigenvalue weighted by Crippen LogP contribution is 2.24. The van der Waals surface area contributed by atoms with Crippen LogP contribution >= 0.6 is 0 Å². The van der Waals surface area contributed by atoms with Crippen molar-refractivity contribution in [3.8, 4) is 0 Å². The molecule has 1 aromatic heterocycles. The number of nitrogen functional groups attached to an aromatic ring is 1. The standard InChI is InChI=1S/C12H13N5O4/c1-7-4-9(16-21-7)6-14-12(18)8-2-3-11(17(19)20)10(5-8)15-13/h2-5,15H,6,13H2,1H3,(H,14,18). The number of nitro groups is 1. The van der Waals surface area contributed by atoms with Gasteiger partial charge in [-0.05, 0) is 19.1 Å². The number of rotatable bonds is 5. The second kappa shape index (κ2) is 6.01. The number of hydrazine groups is 1. The quantitative estimate of drug-likeness (QED) is 0.426. The third kappa shape index (κ3) is 3.34. The van der Waals surface area contributed by atoms with Gasteiger partial charge in [0.05, 0.1) is 11.5 Å². The van der Waals surface area contributed by atoms with Gasteiger partial charge in [0.2, 0.25) is 0 Å². The van der Waals surface area contributed by atoms with Crippen LogP contribution in [0, 0.1) is 17.0 Å². The number of hydrogen-bond donors (Lipinski definition) is 3. The predicted molar refractivity (Wildman–Crippen MR) is 73.3 cm³/mol. The molecule has 0 spiro atoms. The zero-order valence-corrected chi connectivity index (χ0v) is 11.1. The van der Waals surface area contributed by atoms with Crippen LogP contribution in [0.5, 0.6) is 0 Å². The fraction of sp³-hybridized carbons (Fsp3) is 0.167. The molecule has 0 saturated carbocycles. The highest BCUT2D eigenvalue weighted by Gasteiger charge is 2.16. The average molecular weight is 291 g/mol.